The van der Waals surface area contributed by atoms with E-state index in [1.54, 1.807) is 55.0 Å². The Morgan fingerprint density at radius 3 is 2.12 bits per heavy atom. The second-order valence-electron chi connectivity index (χ2n) is 13.1. The van der Waals surface area contributed by atoms with E-state index in [0.717, 1.165) is 66.2 Å². The number of hydrogen-bond acceptors (Lipinski definition) is 4. The molecule has 0 spiro atoms. The maximum Gasteiger partial charge on any atom is 0.123 e. The summed E-state index contributed by atoms with van der Waals surface area (Å²) in [4.78, 5) is 8.32. The van der Waals surface area contributed by atoms with Crippen LogP contribution in [0.25, 0.3) is 66.3 Å². The van der Waals surface area contributed by atoms with Crippen molar-refractivity contribution in [3.63, 3.8) is 0 Å². The van der Waals surface area contributed by atoms with Crippen LogP contribution in [0.3, 0.4) is 0 Å². The van der Waals surface area contributed by atoms with E-state index in [9.17, 15) is 4.39 Å². The van der Waals surface area contributed by atoms with Crippen LogP contribution in [0.4, 0.5) is 4.39 Å². The SMILES string of the molecule is Fc1ccc(-c2ccncc2)cc1.[2H]C(C)(C)c1ccc2c(c1)oc1c(-c3ccccn3)[c-]ccc12.[2H]C([2H])(c1ccccc1)c1ccc2c(c1)oc1c[c-]ccc12.[Ir]. The molecule has 10 rings (SSSR count). The topological polar surface area (TPSA) is 52.1 Å². The van der Waals surface area contributed by atoms with Crippen molar-refractivity contribution in [1.82, 2.24) is 9.97 Å². The van der Waals surface area contributed by atoms with Crippen LogP contribution in [0.2, 0.25) is 0 Å². The van der Waals surface area contributed by atoms with Gasteiger partial charge in [0.25, 0.3) is 0 Å². The molecule has 0 saturated heterocycles. The molecule has 0 saturated carbocycles. The van der Waals surface area contributed by atoms with Crippen LogP contribution in [0.1, 0.15) is 40.5 Å². The number of nitrogens with zero attached hydrogens (tertiary/aromatic N) is 2. The standard InChI is InChI=1S/C20H16NO.C19H13O.C11H8FN.Ir/c1-13(2)14-9-10-15-16-6-5-7-17(18-8-3-4-11-21-18)20(16)22-19(15)12-14;1-2-6-14(7-3-1)12-15-10-11-17-16-8-4-5-9-18(16)20-19(17)13-15;12-11-3-1-9(2-4-11)10-5-7-13-8-6-10;/h3-6,8-13H,1-2H3;1-4,6-11,13H,12H2;1-8H;/q2*-1;;/i13D;12D2;;. The van der Waals surface area contributed by atoms with E-state index < -0.39 is 12.3 Å². The van der Waals surface area contributed by atoms with E-state index in [1.807, 2.05) is 117 Å². The molecule has 56 heavy (non-hydrogen) atoms. The van der Waals surface area contributed by atoms with Crippen LogP contribution in [0.15, 0.2) is 179 Å². The molecule has 4 nitrogen and oxygen atoms in total. The number of pyridine rings is 2. The van der Waals surface area contributed by atoms with Crippen molar-refractivity contribution < 1.29 is 37.4 Å². The summed E-state index contributed by atoms with van der Waals surface area (Å²) >= 11 is 0. The van der Waals surface area contributed by atoms with E-state index in [-0.39, 0.29) is 25.9 Å². The minimum Gasteiger partial charge on any atom is -0.516 e. The van der Waals surface area contributed by atoms with E-state index in [0.29, 0.717) is 16.7 Å². The molecule has 4 heterocycles. The van der Waals surface area contributed by atoms with Crippen LogP contribution < -0.4 is 0 Å². The van der Waals surface area contributed by atoms with Gasteiger partial charge in [-0.2, -0.15) is 18.2 Å². The van der Waals surface area contributed by atoms with Gasteiger partial charge in [0, 0.05) is 59.2 Å². The largest absolute Gasteiger partial charge is 0.516 e. The zero-order chi connectivity index (χ0) is 40.3. The molecule has 6 heteroatoms. The van der Waals surface area contributed by atoms with Crippen molar-refractivity contribution in [2.24, 2.45) is 0 Å². The average Bonchev–Trinajstić information content (AvgIpc) is 3.83. The summed E-state index contributed by atoms with van der Waals surface area (Å²) in [6.07, 6.45) is 3.66. The molecule has 0 aliphatic heterocycles. The summed E-state index contributed by atoms with van der Waals surface area (Å²) in [7, 11) is 0. The molecule has 1 radical (unpaired) electrons. The van der Waals surface area contributed by atoms with E-state index in [1.165, 1.54) is 12.1 Å². The Hall–Kier alpha value is -6.20. The third-order valence-corrected chi connectivity index (χ3v) is 9.17. The Labute approximate surface area is 343 Å². The predicted molar refractivity (Wildman–Crippen MR) is 221 cm³/mol. The molecule has 277 valence electrons. The van der Waals surface area contributed by atoms with Crippen molar-refractivity contribution in [3.8, 4) is 22.4 Å². The van der Waals surface area contributed by atoms with Gasteiger partial charge < -0.3 is 13.8 Å². The van der Waals surface area contributed by atoms with Crippen LogP contribution in [0.5, 0.6) is 0 Å². The van der Waals surface area contributed by atoms with Gasteiger partial charge in [0.2, 0.25) is 0 Å². The van der Waals surface area contributed by atoms with Crippen LogP contribution >= 0.6 is 0 Å². The summed E-state index contributed by atoms with van der Waals surface area (Å²) in [5.74, 6) is -0.860. The fourth-order valence-corrected chi connectivity index (χ4v) is 6.38. The van der Waals surface area contributed by atoms with Gasteiger partial charge in [-0.3, -0.25) is 4.98 Å². The molecule has 0 aliphatic carbocycles. The Morgan fingerprint density at radius 2 is 1.36 bits per heavy atom. The van der Waals surface area contributed by atoms with Gasteiger partial charge in [-0.15, -0.1) is 24.3 Å². The second-order valence-corrected chi connectivity index (χ2v) is 13.1. The number of fused-ring (bicyclic) bond motifs is 6. The van der Waals surface area contributed by atoms with Gasteiger partial charge in [0.05, 0.1) is 5.58 Å². The molecule has 0 atom stereocenters. The first kappa shape index (κ1) is 34.3. The molecule has 0 unspecified atom stereocenters. The third-order valence-electron chi connectivity index (χ3n) is 9.17. The van der Waals surface area contributed by atoms with Crippen LogP contribution in [-0.4, -0.2) is 9.97 Å². The monoisotopic (exact) mass is 912 g/mol. The smallest absolute Gasteiger partial charge is 0.123 e. The molecule has 0 amide bonds. The number of hydrogen-bond donors (Lipinski definition) is 0. The van der Waals surface area contributed by atoms with Crippen LogP contribution in [-0.2, 0) is 26.5 Å². The quantitative estimate of drug-likeness (QED) is 0.161. The molecule has 0 bridgehead atoms. The van der Waals surface area contributed by atoms with Crippen molar-refractivity contribution in [3.05, 3.63) is 205 Å². The van der Waals surface area contributed by atoms with E-state index in [2.05, 4.69) is 22.1 Å². The van der Waals surface area contributed by atoms with Crippen molar-refractivity contribution in [2.75, 3.05) is 0 Å². The van der Waals surface area contributed by atoms with Crippen molar-refractivity contribution >= 4 is 43.9 Å². The number of halogens is 1. The fourth-order valence-electron chi connectivity index (χ4n) is 6.38. The van der Waals surface area contributed by atoms with E-state index >= 15 is 0 Å². The zero-order valence-corrected chi connectivity index (χ0v) is 33.0. The normalized spacial score (nSPS) is 12.1. The Bertz CT molecular complexity index is 2970. The second kappa shape index (κ2) is 17.5. The van der Waals surface area contributed by atoms with Gasteiger partial charge in [-0.05, 0) is 88.2 Å². The molecule has 0 fully saturated rings. The molecule has 10 aromatic rings. The first-order valence-corrected chi connectivity index (χ1v) is 17.9. The third kappa shape index (κ3) is 8.53. The number of aromatic nitrogens is 2. The number of benzene rings is 6. The summed E-state index contributed by atoms with van der Waals surface area (Å²) in [5.41, 5.74) is 9.00. The van der Waals surface area contributed by atoms with Crippen molar-refractivity contribution in [2.45, 2.75) is 26.1 Å². The number of rotatable bonds is 5. The van der Waals surface area contributed by atoms with Crippen LogP contribution in [0, 0.1) is 17.9 Å². The van der Waals surface area contributed by atoms with Gasteiger partial charge in [0.15, 0.2) is 0 Å². The molecule has 0 N–H and O–H groups in total. The molecule has 6 aromatic carbocycles. The summed E-state index contributed by atoms with van der Waals surface area (Å²) < 4.78 is 49.6. The minimum absolute atomic E-state index is 0. The van der Waals surface area contributed by atoms with Gasteiger partial charge in [-0.1, -0.05) is 109 Å². The van der Waals surface area contributed by atoms with Gasteiger partial charge in [-0.25, -0.2) is 4.39 Å². The minimum atomic E-state index is -1.56. The summed E-state index contributed by atoms with van der Waals surface area (Å²) in [5, 5.41) is 4.13. The van der Waals surface area contributed by atoms with Crippen molar-refractivity contribution in [1.29, 1.82) is 0 Å². The first-order chi connectivity index (χ1) is 28.1. The maximum atomic E-state index is 12.6. The average molecular weight is 912 g/mol. The zero-order valence-electron chi connectivity index (χ0n) is 33.6. The molecule has 0 aliphatic rings. The molecular weight excluding hydrogens is 872 g/mol. The summed E-state index contributed by atoms with van der Waals surface area (Å²) in [6.45, 7) is 3.76. The Kier molecular flexibility index (Phi) is 10.7. The Balaban J connectivity index is 0.000000138. The predicted octanol–water partition coefficient (Wildman–Crippen LogP) is 13.4. The summed E-state index contributed by atoms with van der Waals surface area (Å²) in [6, 6.07) is 52.6. The van der Waals surface area contributed by atoms with E-state index in [4.69, 9.17) is 12.9 Å². The van der Waals surface area contributed by atoms with Gasteiger partial charge in [0.1, 0.15) is 17.0 Å². The van der Waals surface area contributed by atoms with Gasteiger partial charge >= 0.3 is 0 Å². The Morgan fingerprint density at radius 1 is 0.661 bits per heavy atom. The molecular formula is C50H37FIrN2O2-2. The molecule has 4 aromatic heterocycles. The maximum absolute atomic E-state index is 12.6. The fraction of sp³-hybridized carbons (Fsp3) is 0.0800. The first-order valence-electron chi connectivity index (χ1n) is 19.4. The number of furan rings is 2.